The first kappa shape index (κ1) is 16.1. The molecule has 2 aromatic rings. The molecule has 0 saturated heterocycles. The van der Waals surface area contributed by atoms with Gasteiger partial charge in [0.15, 0.2) is 0 Å². The smallest absolute Gasteiger partial charge is 0.243 e. The van der Waals surface area contributed by atoms with Gasteiger partial charge in [-0.3, -0.25) is 9.48 Å². The van der Waals surface area contributed by atoms with E-state index in [2.05, 4.69) is 20.4 Å². The molecule has 2 heterocycles. The highest BCUT2D eigenvalue weighted by Crippen LogP contribution is 2.38. The van der Waals surface area contributed by atoms with Crippen molar-refractivity contribution in [3.63, 3.8) is 0 Å². The minimum Gasteiger partial charge on any atom is -0.362 e. The van der Waals surface area contributed by atoms with Crippen molar-refractivity contribution in [2.24, 2.45) is 0 Å². The first-order valence-corrected chi connectivity index (χ1v) is 8.96. The molecule has 2 aliphatic rings. The molecule has 0 spiro atoms. The van der Waals surface area contributed by atoms with Crippen LogP contribution in [-0.2, 0) is 17.8 Å². The lowest BCUT2D eigenvalue weighted by atomic mass is 9.94. The van der Waals surface area contributed by atoms with Crippen LogP contribution in [0.5, 0.6) is 0 Å². The largest absolute Gasteiger partial charge is 0.362 e. The molecule has 0 unspecified atom stereocenters. The van der Waals surface area contributed by atoms with Crippen molar-refractivity contribution in [3.8, 4) is 0 Å². The molecule has 2 aliphatic carbocycles. The zero-order valence-corrected chi connectivity index (χ0v) is 14.8. The van der Waals surface area contributed by atoms with Gasteiger partial charge in [-0.25, -0.2) is 9.97 Å². The normalized spacial score (nSPS) is 19.4. The van der Waals surface area contributed by atoms with E-state index in [1.54, 1.807) is 23.7 Å². The summed E-state index contributed by atoms with van der Waals surface area (Å²) in [4.78, 5) is 22.6. The molecule has 7 nitrogen and oxygen atoms in total. The minimum absolute atomic E-state index is 0.0502. The van der Waals surface area contributed by atoms with Crippen LogP contribution in [-0.4, -0.2) is 44.7 Å². The first-order valence-electron chi connectivity index (χ1n) is 8.96. The van der Waals surface area contributed by atoms with E-state index in [0.717, 1.165) is 36.6 Å². The average Bonchev–Trinajstić information content (AvgIpc) is 3.36. The van der Waals surface area contributed by atoms with Crippen LogP contribution in [0.3, 0.4) is 0 Å². The zero-order valence-electron chi connectivity index (χ0n) is 14.8. The topological polar surface area (TPSA) is 75.9 Å². The number of nitrogens with one attached hydrogen (secondary N) is 1. The molecule has 1 saturated carbocycles. The summed E-state index contributed by atoms with van der Waals surface area (Å²) in [5, 5.41) is 8.21. The zero-order chi connectivity index (χ0) is 17.4. The Labute approximate surface area is 147 Å². The molecule has 132 valence electrons. The third kappa shape index (κ3) is 3.50. The van der Waals surface area contributed by atoms with E-state index >= 15 is 0 Å². The molecule has 0 aliphatic heterocycles. The predicted octanol–water partition coefficient (Wildman–Crippen LogP) is 2.13. The van der Waals surface area contributed by atoms with E-state index in [1.807, 2.05) is 18.5 Å². The van der Waals surface area contributed by atoms with Crippen LogP contribution >= 0.6 is 0 Å². The fraction of sp³-hybridized carbons (Fsp3) is 0.556. The maximum Gasteiger partial charge on any atom is 0.243 e. The second-order valence-electron chi connectivity index (χ2n) is 7.19. The van der Waals surface area contributed by atoms with E-state index in [9.17, 15) is 4.79 Å². The summed E-state index contributed by atoms with van der Waals surface area (Å²) in [6.45, 7) is 0.284. The molecular formula is C18H24N6O. The number of amides is 1. The quantitative estimate of drug-likeness (QED) is 0.902. The van der Waals surface area contributed by atoms with E-state index < -0.39 is 0 Å². The number of carbonyl (C=O) groups excluding carboxylic acids is 1. The SMILES string of the molecule is CN(C)C(=O)Cn1cc2c(n1)[C@H](Nc1ccnc(C3CC3)n1)CCC2. The number of aromatic nitrogens is 4. The fourth-order valence-electron chi connectivity index (χ4n) is 3.27. The van der Waals surface area contributed by atoms with Crippen molar-refractivity contribution in [2.75, 3.05) is 19.4 Å². The van der Waals surface area contributed by atoms with Gasteiger partial charge >= 0.3 is 0 Å². The lowest BCUT2D eigenvalue weighted by Crippen LogP contribution is -2.26. The van der Waals surface area contributed by atoms with Crippen molar-refractivity contribution in [2.45, 2.75) is 50.6 Å². The molecule has 7 heteroatoms. The Balaban J connectivity index is 1.52. The Hall–Kier alpha value is -2.44. The van der Waals surface area contributed by atoms with Gasteiger partial charge in [-0.05, 0) is 43.7 Å². The van der Waals surface area contributed by atoms with Gasteiger partial charge in [-0.2, -0.15) is 5.10 Å². The van der Waals surface area contributed by atoms with Crippen molar-refractivity contribution >= 4 is 11.7 Å². The van der Waals surface area contributed by atoms with Gasteiger partial charge in [0.25, 0.3) is 0 Å². The van der Waals surface area contributed by atoms with Crippen molar-refractivity contribution in [1.29, 1.82) is 0 Å². The number of hydrogen-bond acceptors (Lipinski definition) is 5. The highest BCUT2D eigenvalue weighted by Gasteiger charge is 2.28. The predicted molar refractivity (Wildman–Crippen MR) is 94.2 cm³/mol. The number of rotatable bonds is 5. The number of aryl methyl sites for hydroxylation is 1. The number of carbonyl (C=O) groups is 1. The number of hydrogen-bond donors (Lipinski definition) is 1. The second-order valence-corrected chi connectivity index (χ2v) is 7.19. The molecule has 0 bridgehead atoms. The number of fused-ring (bicyclic) bond motifs is 1. The summed E-state index contributed by atoms with van der Waals surface area (Å²) in [7, 11) is 3.53. The van der Waals surface area contributed by atoms with E-state index in [-0.39, 0.29) is 18.5 Å². The van der Waals surface area contributed by atoms with Crippen LogP contribution in [0.2, 0.25) is 0 Å². The monoisotopic (exact) mass is 340 g/mol. The highest BCUT2D eigenvalue weighted by molar-refractivity contribution is 5.75. The molecule has 25 heavy (non-hydrogen) atoms. The van der Waals surface area contributed by atoms with Gasteiger partial charge in [-0.15, -0.1) is 0 Å². The van der Waals surface area contributed by atoms with Crippen LogP contribution in [0.25, 0.3) is 0 Å². The summed E-state index contributed by atoms with van der Waals surface area (Å²) < 4.78 is 1.77. The van der Waals surface area contributed by atoms with Crippen molar-refractivity contribution in [3.05, 3.63) is 35.5 Å². The van der Waals surface area contributed by atoms with Crippen LogP contribution in [0.15, 0.2) is 18.5 Å². The summed E-state index contributed by atoms with van der Waals surface area (Å²) >= 11 is 0. The molecule has 1 N–H and O–H groups in total. The van der Waals surface area contributed by atoms with Gasteiger partial charge < -0.3 is 10.2 Å². The van der Waals surface area contributed by atoms with Crippen molar-refractivity contribution in [1.82, 2.24) is 24.6 Å². The Morgan fingerprint density at radius 3 is 2.96 bits per heavy atom. The number of likely N-dealkylation sites (N-methyl/N-ethyl adjacent to an activating group) is 1. The Kier molecular flexibility index (Phi) is 4.15. The molecule has 1 fully saturated rings. The summed E-state index contributed by atoms with van der Waals surface area (Å²) in [5.41, 5.74) is 2.27. The maximum absolute atomic E-state index is 11.9. The fourth-order valence-corrected chi connectivity index (χ4v) is 3.27. The third-order valence-corrected chi connectivity index (χ3v) is 4.87. The van der Waals surface area contributed by atoms with E-state index in [1.165, 1.54) is 18.4 Å². The molecule has 0 aromatic carbocycles. The van der Waals surface area contributed by atoms with E-state index in [4.69, 9.17) is 0 Å². The highest BCUT2D eigenvalue weighted by atomic mass is 16.2. The third-order valence-electron chi connectivity index (χ3n) is 4.87. The van der Waals surface area contributed by atoms with Gasteiger partial charge in [0.1, 0.15) is 18.2 Å². The van der Waals surface area contributed by atoms with Gasteiger partial charge in [0, 0.05) is 32.4 Å². The molecular weight excluding hydrogens is 316 g/mol. The molecule has 2 aromatic heterocycles. The van der Waals surface area contributed by atoms with Crippen LogP contribution in [0, 0.1) is 0 Å². The molecule has 0 radical (unpaired) electrons. The van der Waals surface area contributed by atoms with Gasteiger partial charge in [-0.1, -0.05) is 0 Å². The van der Waals surface area contributed by atoms with Crippen LogP contribution < -0.4 is 5.32 Å². The Morgan fingerprint density at radius 1 is 1.36 bits per heavy atom. The molecule has 4 rings (SSSR count). The summed E-state index contributed by atoms with van der Waals surface area (Å²) in [6, 6.07) is 2.06. The summed E-state index contributed by atoms with van der Waals surface area (Å²) in [5.74, 6) is 2.41. The Morgan fingerprint density at radius 2 is 2.20 bits per heavy atom. The van der Waals surface area contributed by atoms with Crippen LogP contribution in [0.1, 0.15) is 54.7 Å². The lowest BCUT2D eigenvalue weighted by Gasteiger charge is -2.22. The number of nitrogens with zero attached hydrogens (tertiary/aromatic N) is 5. The van der Waals surface area contributed by atoms with Crippen molar-refractivity contribution < 1.29 is 4.79 Å². The standard InChI is InChI=1S/C18H24N6O/c1-23(2)16(25)11-24-10-13-4-3-5-14(17(13)22-24)20-15-8-9-19-18(21-15)12-6-7-12/h8-10,12,14H,3-7,11H2,1-2H3,(H,19,20,21)/t14-/m1/s1. The molecule has 1 amide bonds. The number of anilines is 1. The first-order chi connectivity index (χ1) is 12.1. The van der Waals surface area contributed by atoms with E-state index in [0.29, 0.717) is 5.92 Å². The molecule has 1 atom stereocenters. The maximum atomic E-state index is 11.9. The average molecular weight is 340 g/mol. The second kappa shape index (κ2) is 6.46. The lowest BCUT2D eigenvalue weighted by molar-refractivity contribution is -0.129. The van der Waals surface area contributed by atoms with Gasteiger partial charge in [0.05, 0.1) is 11.7 Å². The van der Waals surface area contributed by atoms with Crippen LogP contribution in [0.4, 0.5) is 5.82 Å². The Bertz CT molecular complexity index is 780. The van der Waals surface area contributed by atoms with Gasteiger partial charge in [0.2, 0.25) is 5.91 Å². The minimum atomic E-state index is 0.0502. The summed E-state index contributed by atoms with van der Waals surface area (Å²) in [6.07, 6.45) is 9.39.